The largest absolute Gasteiger partial charge is 0.377 e. The molecule has 1 radical (unpaired) electrons. The van der Waals surface area contributed by atoms with Gasteiger partial charge in [0.25, 0.3) is 0 Å². The van der Waals surface area contributed by atoms with E-state index < -0.39 is 5.79 Å². The number of ether oxygens (including phenoxy) is 2. The number of rotatable bonds is 3. The molecule has 0 aliphatic carbocycles. The average molecular weight is 169 g/mol. The summed E-state index contributed by atoms with van der Waals surface area (Å²) in [6, 6.07) is 0. The van der Waals surface area contributed by atoms with Crippen LogP contribution in [-0.2, 0) is 9.47 Å². The topological polar surface area (TPSA) is 42.9 Å². The van der Waals surface area contributed by atoms with Crippen LogP contribution in [0.15, 0.2) is 11.2 Å². The van der Waals surface area contributed by atoms with Gasteiger partial charge in [0.1, 0.15) is 0 Å². The van der Waals surface area contributed by atoms with Gasteiger partial charge in [0.2, 0.25) is 5.79 Å². The van der Waals surface area contributed by atoms with Crippen LogP contribution in [0.5, 0.6) is 0 Å². The molecule has 0 aromatic rings. The Morgan fingerprint density at radius 1 is 1.58 bits per heavy atom. The highest BCUT2D eigenvalue weighted by atomic mass is 16.7. The number of nitrogens with zero attached hydrogens (tertiary/aromatic N) is 1. The zero-order chi connectivity index (χ0) is 9.03. The molecule has 4 heteroatoms. The van der Waals surface area contributed by atoms with Crippen molar-refractivity contribution in [2.24, 2.45) is 4.99 Å². The van der Waals surface area contributed by atoms with Gasteiger partial charge in [0, 0.05) is 14.2 Å². The summed E-state index contributed by atoms with van der Waals surface area (Å²) in [5.74, 6) is -0.731. The highest BCUT2D eigenvalue weighted by Crippen LogP contribution is 2.13. The van der Waals surface area contributed by atoms with Gasteiger partial charge in [-0.1, -0.05) is 0 Å². The average Bonchev–Trinajstić information content (AvgIpc) is 2.18. The number of hydrogen-bond acceptors (Lipinski definition) is 4. The van der Waals surface area contributed by atoms with Crippen LogP contribution in [-0.4, -0.2) is 32.3 Å². The van der Waals surface area contributed by atoms with Gasteiger partial charge in [-0.3, -0.25) is 4.99 Å². The van der Waals surface area contributed by atoms with Crippen molar-refractivity contribution in [3.05, 3.63) is 12.4 Å². The quantitative estimate of drug-likeness (QED) is 0.618. The minimum atomic E-state index is -0.731. The molecular formula is C8H13N2O2. The van der Waals surface area contributed by atoms with Gasteiger partial charge in [0.15, 0.2) is 0 Å². The first-order valence-corrected chi connectivity index (χ1v) is 3.70. The van der Waals surface area contributed by atoms with Crippen LogP contribution in [0.2, 0.25) is 0 Å². The Balaban J connectivity index is 2.77. The van der Waals surface area contributed by atoms with Gasteiger partial charge in [0.05, 0.1) is 24.7 Å². The van der Waals surface area contributed by atoms with E-state index in [1.54, 1.807) is 20.4 Å². The number of nitrogens with one attached hydrogen (secondary N) is 1. The maximum atomic E-state index is 5.19. The normalized spacial score (nSPS) is 17.1. The maximum Gasteiger partial charge on any atom is 0.206 e. The molecule has 0 amide bonds. The van der Waals surface area contributed by atoms with E-state index in [4.69, 9.17) is 9.47 Å². The van der Waals surface area contributed by atoms with Gasteiger partial charge in [-0.2, -0.15) is 0 Å². The number of aliphatic imine (C=N–C) groups is 1. The summed E-state index contributed by atoms with van der Waals surface area (Å²) < 4.78 is 10.4. The van der Waals surface area contributed by atoms with E-state index in [9.17, 15) is 0 Å². The summed E-state index contributed by atoms with van der Waals surface area (Å²) in [5, 5.41) is 2.91. The lowest BCUT2D eigenvalue weighted by atomic mass is 10.1. The predicted octanol–water partition coefficient (Wildman–Crippen LogP) is 0.314. The lowest BCUT2D eigenvalue weighted by molar-refractivity contribution is -0.140. The summed E-state index contributed by atoms with van der Waals surface area (Å²) in [5.41, 5.74) is 0.811. The summed E-state index contributed by atoms with van der Waals surface area (Å²) in [6.07, 6.45) is 4.33. The third kappa shape index (κ3) is 1.65. The Labute approximate surface area is 72.3 Å². The highest BCUT2D eigenvalue weighted by Gasteiger charge is 2.30. The van der Waals surface area contributed by atoms with Crippen molar-refractivity contribution in [1.29, 1.82) is 0 Å². The van der Waals surface area contributed by atoms with Crippen molar-refractivity contribution < 1.29 is 9.47 Å². The van der Waals surface area contributed by atoms with Gasteiger partial charge < -0.3 is 14.8 Å². The van der Waals surface area contributed by atoms with Crippen LogP contribution in [0.3, 0.4) is 0 Å². The predicted molar refractivity (Wildman–Crippen MR) is 45.7 cm³/mol. The second-order valence-corrected chi connectivity index (χ2v) is 2.56. The van der Waals surface area contributed by atoms with Crippen LogP contribution < -0.4 is 5.32 Å². The third-order valence-corrected chi connectivity index (χ3v) is 1.95. The van der Waals surface area contributed by atoms with E-state index in [-0.39, 0.29) is 0 Å². The van der Waals surface area contributed by atoms with Crippen molar-refractivity contribution in [3.63, 3.8) is 0 Å². The molecule has 1 rings (SSSR count). The molecule has 1 heterocycles. The molecule has 0 spiro atoms. The molecule has 4 nitrogen and oxygen atoms in total. The van der Waals surface area contributed by atoms with E-state index in [1.807, 2.05) is 6.92 Å². The molecular weight excluding hydrogens is 156 g/mol. The van der Waals surface area contributed by atoms with E-state index in [0.717, 1.165) is 5.71 Å². The molecule has 0 bridgehead atoms. The Kier molecular flexibility index (Phi) is 2.83. The van der Waals surface area contributed by atoms with Crippen LogP contribution in [0.4, 0.5) is 0 Å². The SMILES string of the molecule is COC(C)(OC)C1=NC=[C]NC1. The fourth-order valence-corrected chi connectivity index (χ4v) is 0.933. The number of hydrogen-bond donors (Lipinski definition) is 1. The molecule has 0 saturated carbocycles. The van der Waals surface area contributed by atoms with Crippen molar-refractivity contribution in [2.75, 3.05) is 20.8 Å². The standard InChI is InChI=1S/C8H13N2O2/c1-8(11-2,12-3)7-6-9-4-5-10-7/h5,9H,6H2,1-3H3. The first-order valence-electron chi connectivity index (χ1n) is 3.70. The van der Waals surface area contributed by atoms with Crippen molar-refractivity contribution >= 4 is 5.71 Å². The molecule has 0 fully saturated rings. The molecule has 67 valence electrons. The first kappa shape index (κ1) is 9.22. The van der Waals surface area contributed by atoms with E-state index in [0.29, 0.717) is 6.54 Å². The van der Waals surface area contributed by atoms with Crippen molar-refractivity contribution in [3.8, 4) is 0 Å². The zero-order valence-corrected chi connectivity index (χ0v) is 7.55. The fourth-order valence-electron chi connectivity index (χ4n) is 0.933. The monoisotopic (exact) mass is 169 g/mol. The molecule has 0 atom stereocenters. The summed E-state index contributed by atoms with van der Waals surface area (Å²) in [7, 11) is 3.18. The summed E-state index contributed by atoms with van der Waals surface area (Å²) >= 11 is 0. The molecule has 0 saturated heterocycles. The van der Waals surface area contributed by atoms with Gasteiger partial charge in [-0.15, -0.1) is 0 Å². The second kappa shape index (κ2) is 3.69. The van der Waals surface area contributed by atoms with Crippen molar-refractivity contribution in [1.82, 2.24) is 5.32 Å². The second-order valence-electron chi connectivity index (χ2n) is 2.56. The molecule has 12 heavy (non-hydrogen) atoms. The van der Waals surface area contributed by atoms with E-state index in [2.05, 4.69) is 16.5 Å². The smallest absolute Gasteiger partial charge is 0.206 e. The van der Waals surface area contributed by atoms with Crippen LogP contribution in [0.25, 0.3) is 0 Å². The molecule has 1 N–H and O–H groups in total. The molecule has 0 unspecified atom stereocenters. The first-order chi connectivity index (χ1) is 5.73. The zero-order valence-electron chi connectivity index (χ0n) is 7.55. The highest BCUT2D eigenvalue weighted by molar-refractivity contribution is 5.93. The lowest BCUT2D eigenvalue weighted by Crippen LogP contribution is -2.44. The van der Waals surface area contributed by atoms with Crippen molar-refractivity contribution in [2.45, 2.75) is 12.7 Å². The lowest BCUT2D eigenvalue weighted by Gasteiger charge is -2.28. The molecule has 1 aliphatic rings. The molecule has 1 aliphatic heterocycles. The van der Waals surface area contributed by atoms with Gasteiger partial charge >= 0.3 is 0 Å². The van der Waals surface area contributed by atoms with E-state index >= 15 is 0 Å². The Bertz CT molecular complexity index is 207. The fraction of sp³-hybridized carbons (Fsp3) is 0.625. The Morgan fingerprint density at radius 3 is 2.67 bits per heavy atom. The molecule has 0 aromatic carbocycles. The minimum absolute atomic E-state index is 0.606. The minimum Gasteiger partial charge on any atom is -0.377 e. The molecule has 0 aromatic heterocycles. The van der Waals surface area contributed by atoms with E-state index in [1.165, 1.54) is 0 Å². The summed E-state index contributed by atoms with van der Waals surface area (Å²) in [6.45, 7) is 2.43. The Morgan fingerprint density at radius 2 is 2.25 bits per heavy atom. The van der Waals surface area contributed by atoms with Crippen LogP contribution in [0.1, 0.15) is 6.92 Å². The van der Waals surface area contributed by atoms with Crippen LogP contribution in [0, 0.1) is 6.20 Å². The number of methoxy groups -OCH3 is 2. The third-order valence-electron chi connectivity index (χ3n) is 1.95. The Hall–Kier alpha value is -0.870. The maximum absolute atomic E-state index is 5.19. The van der Waals surface area contributed by atoms with Gasteiger partial charge in [-0.05, 0) is 6.92 Å². The van der Waals surface area contributed by atoms with Crippen LogP contribution >= 0.6 is 0 Å². The van der Waals surface area contributed by atoms with Gasteiger partial charge in [-0.25, -0.2) is 0 Å². The summed E-state index contributed by atoms with van der Waals surface area (Å²) in [4.78, 5) is 4.11.